The van der Waals surface area contributed by atoms with Crippen molar-refractivity contribution in [1.29, 1.82) is 0 Å². The molecule has 0 saturated carbocycles. The van der Waals surface area contributed by atoms with E-state index in [0.29, 0.717) is 15.6 Å². The Labute approximate surface area is 126 Å². The van der Waals surface area contributed by atoms with E-state index in [1.165, 1.54) is 17.8 Å². The minimum atomic E-state index is -0.121. The molecule has 0 aliphatic heterocycles. The van der Waals surface area contributed by atoms with Gasteiger partial charge in [0.05, 0.1) is 6.08 Å². The van der Waals surface area contributed by atoms with Gasteiger partial charge in [-0.15, -0.1) is 0 Å². The molecule has 0 aliphatic rings. The van der Waals surface area contributed by atoms with Crippen molar-refractivity contribution < 1.29 is 14.5 Å². The summed E-state index contributed by atoms with van der Waals surface area (Å²) in [6.07, 6.45) is 6.72. The predicted molar refractivity (Wildman–Crippen MR) is 81.2 cm³/mol. The van der Waals surface area contributed by atoms with Crippen LogP contribution in [0.15, 0.2) is 53.7 Å². The fourth-order valence-electron chi connectivity index (χ4n) is 1.68. The van der Waals surface area contributed by atoms with E-state index in [-0.39, 0.29) is 11.5 Å². The van der Waals surface area contributed by atoms with E-state index in [2.05, 4.69) is 0 Å². The van der Waals surface area contributed by atoms with Gasteiger partial charge in [-0.2, -0.15) is 4.57 Å². The van der Waals surface area contributed by atoms with Crippen LogP contribution in [0.2, 0.25) is 5.02 Å². The van der Waals surface area contributed by atoms with Gasteiger partial charge < -0.3 is 5.11 Å². The fraction of sp³-hybridized carbons (Fsp3) is 0.0667. The van der Waals surface area contributed by atoms with E-state index in [1.54, 1.807) is 53.4 Å². The average molecular weight is 307 g/mol. The third kappa shape index (κ3) is 3.40. The first kappa shape index (κ1) is 14.6. The summed E-state index contributed by atoms with van der Waals surface area (Å²) in [4.78, 5) is 12.0. The summed E-state index contributed by atoms with van der Waals surface area (Å²) in [6.45, 7) is 0. The Bertz CT molecular complexity index is 653. The van der Waals surface area contributed by atoms with E-state index < -0.39 is 0 Å². The van der Waals surface area contributed by atoms with Crippen LogP contribution in [-0.4, -0.2) is 17.1 Å². The van der Waals surface area contributed by atoms with E-state index in [4.69, 9.17) is 11.6 Å². The van der Waals surface area contributed by atoms with Gasteiger partial charge in [-0.25, -0.2) is 0 Å². The van der Waals surface area contributed by atoms with E-state index >= 15 is 0 Å². The molecule has 2 rings (SSSR count). The predicted octanol–water partition coefficient (Wildman–Crippen LogP) is 3.41. The van der Waals surface area contributed by atoms with Crippen molar-refractivity contribution in [1.82, 2.24) is 0 Å². The van der Waals surface area contributed by atoms with Crippen LogP contribution in [0.4, 0.5) is 0 Å². The lowest BCUT2D eigenvalue weighted by Crippen LogP contribution is -2.28. The second-order valence-corrected chi connectivity index (χ2v) is 5.23. The number of carbonyl (C=O) groups excluding carboxylic acids is 1. The van der Waals surface area contributed by atoms with E-state index in [1.807, 2.05) is 6.26 Å². The van der Waals surface area contributed by atoms with Gasteiger partial charge in [-0.3, -0.25) is 4.79 Å². The number of aromatic hydroxyl groups is 1. The molecule has 102 valence electrons. The van der Waals surface area contributed by atoms with Crippen LogP contribution in [0.25, 0.3) is 6.20 Å². The van der Waals surface area contributed by atoms with Crippen LogP contribution in [0.1, 0.15) is 10.4 Å². The molecule has 0 atom stereocenters. The number of hydrogen-bond acceptors (Lipinski definition) is 3. The van der Waals surface area contributed by atoms with Gasteiger partial charge >= 0.3 is 0 Å². The number of rotatable bonds is 4. The molecule has 5 heteroatoms. The molecule has 1 aromatic heterocycles. The molecule has 0 spiro atoms. The first-order chi connectivity index (χ1) is 9.61. The van der Waals surface area contributed by atoms with Crippen LogP contribution >= 0.6 is 23.4 Å². The zero-order chi connectivity index (χ0) is 14.5. The first-order valence-electron chi connectivity index (χ1n) is 5.87. The van der Waals surface area contributed by atoms with Gasteiger partial charge in [-0.1, -0.05) is 23.4 Å². The summed E-state index contributed by atoms with van der Waals surface area (Å²) >= 11 is 7.19. The van der Waals surface area contributed by atoms with E-state index in [0.717, 1.165) is 0 Å². The Morgan fingerprint density at radius 3 is 2.65 bits per heavy atom. The van der Waals surface area contributed by atoms with Crippen LogP contribution in [0.5, 0.6) is 5.75 Å². The summed E-state index contributed by atoms with van der Waals surface area (Å²) in [5, 5.41) is 11.0. The zero-order valence-electron chi connectivity index (χ0n) is 10.8. The summed E-state index contributed by atoms with van der Waals surface area (Å²) < 4.78 is 1.70. The third-order valence-electron chi connectivity index (χ3n) is 2.66. The number of halogens is 1. The molecule has 3 nitrogen and oxygen atoms in total. The lowest BCUT2D eigenvalue weighted by molar-refractivity contribution is -0.610. The van der Waals surface area contributed by atoms with Crippen molar-refractivity contribution >= 4 is 35.3 Å². The van der Waals surface area contributed by atoms with Gasteiger partial charge in [0.1, 0.15) is 0 Å². The van der Waals surface area contributed by atoms with Crippen LogP contribution in [0, 0.1) is 0 Å². The molecule has 1 aromatic carbocycles. The molecule has 0 unspecified atom stereocenters. The molecule has 1 N–H and O–H groups in total. The number of allylic oxidation sites excluding steroid dienone is 1. The highest BCUT2D eigenvalue weighted by Crippen LogP contribution is 2.21. The van der Waals surface area contributed by atoms with E-state index in [9.17, 15) is 9.90 Å². The second-order valence-electron chi connectivity index (χ2n) is 4.00. The molecule has 2 aromatic rings. The highest BCUT2D eigenvalue weighted by molar-refractivity contribution is 7.98. The first-order valence-corrected chi connectivity index (χ1v) is 7.47. The Hall–Kier alpha value is -1.78. The maximum absolute atomic E-state index is 12.0. The Morgan fingerprint density at radius 1 is 1.30 bits per heavy atom. The van der Waals surface area contributed by atoms with Crippen LogP contribution in [0.3, 0.4) is 0 Å². The number of pyridine rings is 1. The van der Waals surface area contributed by atoms with Crippen molar-refractivity contribution in [2.45, 2.75) is 5.03 Å². The highest BCUT2D eigenvalue weighted by atomic mass is 35.5. The maximum atomic E-state index is 12.0. The third-order valence-corrected chi connectivity index (χ3v) is 3.72. The number of ketones is 1. The Kier molecular flexibility index (Phi) is 4.82. The number of hydrogen-bond donors (Lipinski definition) is 1. The molecule has 0 fully saturated rings. The molecule has 1 heterocycles. The van der Waals surface area contributed by atoms with Crippen molar-refractivity contribution in [3.05, 3.63) is 59.3 Å². The van der Waals surface area contributed by atoms with Crippen molar-refractivity contribution in [2.24, 2.45) is 0 Å². The normalized spacial score (nSPS) is 10.9. The number of nitrogens with zero attached hydrogens (tertiary/aromatic N) is 1. The van der Waals surface area contributed by atoms with Gasteiger partial charge in [0.15, 0.2) is 23.9 Å². The molecule has 20 heavy (non-hydrogen) atoms. The molecule has 0 bridgehead atoms. The SMILES string of the molecule is CSc1c(O)ccc[n+]1/C=C/C(=O)c1ccc(Cl)cc1. The molecular formula is C15H13ClNO2S+. The molecular weight excluding hydrogens is 294 g/mol. The molecule has 0 radical (unpaired) electrons. The quantitative estimate of drug-likeness (QED) is 0.407. The van der Waals surface area contributed by atoms with Crippen molar-refractivity contribution in [3.63, 3.8) is 0 Å². The molecule has 0 saturated heterocycles. The van der Waals surface area contributed by atoms with Gasteiger partial charge in [0, 0.05) is 16.7 Å². The minimum absolute atomic E-state index is 0.121. The number of benzene rings is 1. The average Bonchev–Trinajstić information content (AvgIpc) is 2.45. The van der Waals surface area contributed by atoms with Crippen molar-refractivity contribution in [3.8, 4) is 5.75 Å². The van der Waals surface area contributed by atoms with Gasteiger partial charge in [0.2, 0.25) is 0 Å². The Balaban J connectivity index is 2.23. The zero-order valence-corrected chi connectivity index (χ0v) is 12.4. The summed E-state index contributed by atoms with van der Waals surface area (Å²) in [6, 6.07) is 10.0. The highest BCUT2D eigenvalue weighted by Gasteiger charge is 2.12. The number of carbonyl (C=O) groups is 1. The largest absolute Gasteiger partial charge is 0.502 e. The number of aromatic nitrogens is 1. The number of thioether (sulfide) groups is 1. The van der Waals surface area contributed by atoms with Crippen LogP contribution in [-0.2, 0) is 0 Å². The lowest BCUT2D eigenvalue weighted by atomic mass is 10.1. The summed E-state index contributed by atoms with van der Waals surface area (Å²) in [5.74, 6) is 0.0631. The maximum Gasteiger partial charge on any atom is 0.287 e. The molecule has 0 aliphatic carbocycles. The topological polar surface area (TPSA) is 41.2 Å². The standard InChI is InChI=1S/C15H12ClNO2S/c1-20-15-14(19)3-2-9-17(15)10-8-13(18)11-4-6-12(16)7-5-11/h2-10H,1H3/p+1/b10-8+. The minimum Gasteiger partial charge on any atom is -0.502 e. The van der Waals surface area contributed by atoms with Gasteiger partial charge in [-0.05, 0) is 36.6 Å². The fourth-order valence-corrected chi connectivity index (χ4v) is 2.42. The lowest BCUT2D eigenvalue weighted by Gasteiger charge is -1.98. The van der Waals surface area contributed by atoms with Crippen molar-refractivity contribution in [2.75, 3.05) is 6.26 Å². The van der Waals surface area contributed by atoms with Gasteiger partial charge in [0.25, 0.3) is 5.03 Å². The second kappa shape index (κ2) is 6.59. The Morgan fingerprint density at radius 2 is 2.00 bits per heavy atom. The van der Waals surface area contributed by atoms with Crippen LogP contribution < -0.4 is 4.57 Å². The molecule has 0 amide bonds. The summed E-state index contributed by atoms with van der Waals surface area (Å²) in [5.41, 5.74) is 0.567. The monoisotopic (exact) mass is 306 g/mol. The summed E-state index contributed by atoms with van der Waals surface area (Å²) in [7, 11) is 0. The smallest absolute Gasteiger partial charge is 0.287 e.